The summed E-state index contributed by atoms with van der Waals surface area (Å²) >= 11 is 0. The van der Waals surface area contributed by atoms with Crippen molar-refractivity contribution in [1.29, 1.82) is 0 Å². The zero-order valence-corrected chi connectivity index (χ0v) is 17.1. The number of hydrogen-bond acceptors (Lipinski definition) is 8. The van der Waals surface area contributed by atoms with Crippen molar-refractivity contribution in [3.63, 3.8) is 0 Å². The summed E-state index contributed by atoms with van der Waals surface area (Å²) in [4.78, 5) is 8.29. The van der Waals surface area contributed by atoms with Gasteiger partial charge in [0.2, 0.25) is 0 Å². The lowest BCUT2D eigenvalue weighted by molar-refractivity contribution is -0.157. The fourth-order valence-electron chi connectivity index (χ4n) is 4.42. The second-order valence-electron chi connectivity index (χ2n) is 8.38. The zero-order chi connectivity index (χ0) is 21.0. The number of nitrogen functional groups attached to an aromatic ring is 1. The van der Waals surface area contributed by atoms with Crippen LogP contribution in [0.1, 0.15) is 55.8 Å². The summed E-state index contributed by atoms with van der Waals surface area (Å²) in [6, 6.07) is 8.22. The van der Waals surface area contributed by atoms with Crippen LogP contribution in [0.5, 0.6) is 0 Å². The smallest absolute Gasteiger partial charge is 0.194 e. The third-order valence-corrected chi connectivity index (χ3v) is 6.11. The summed E-state index contributed by atoms with van der Waals surface area (Å²) in [6.45, 7) is 6.06. The molecule has 2 fully saturated rings. The average molecular weight is 411 g/mol. The van der Waals surface area contributed by atoms with E-state index in [0.29, 0.717) is 22.6 Å². The van der Waals surface area contributed by atoms with E-state index in [9.17, 15) is 5.11 Å². The van der Waals surface area contributed by atoms with Crippen LogP contribution in [0.3, 0.4) is 0 Å². The number of furan rings is 1. The predicted octanol–water partition coefficient (Wildman–Crippen LogP) is 3.23. The maximum absolute atomic E-state index is 9.92. The summed E-state index contributed by atoms with van der Waals surface area (Å²) in [6.07, 6.45) is 0.863. The third kappa shape index (κ3) is 2.83. The van der Waals surface area contributed by atoms with Gasteiger partial charge in [-0.2, -0.15) is 0 Å². The summed E-state index contributed by atoms with van der Waals surface area (Å²) in [7, 11) is 0. The lowest BCUT2D eigenvalue weighted by Gasteiger charge is -2.27. The minimum absolute atomic E-state index is 0.188. The van der Waals surface area contributed by atoms with Crippen LogP contribution >= 0.6 is 0 Å². The number of nitrogens with zero attached hydrogens (tertiary/aromatic N) is 2. The molecule has 0 radical (unpaired) electrons. The van der Waals surface area contributed by atoms with E-state index in [4.69, 9.17) is 24.4 Å². The van der Waals surface area contributed by atoms with Crippen molar-refractivity contribution < 1.29 is 23.7 Å². The van der Waals surface area contributed by atoms with Crippen molar-refractivity contribution in [2.24, 2.45) is 0 Å². The van der Waals surface area contributed by atoms with Crippen molar-refractivity contribution in [2.45, 2.75) is 56.9 Å². The van der Waals surface area contributed by atoms with E-state index in [1.165, 1.54) is 11.9 Å². The van der Waals surface area contributed by atoms with Gasteiger partial charge < -0.3 is 29.5 Å². The largest absolute Gasteiger partial charge is 0.458 e. The monoisotopic (exact) mass is 411 g/mol. The topological polar surface area (TPSA) is 113 Å². The number of aliphatic hydroxyl groups is 1. The zero-order valence-electron chi connectivity index (χ0n) is 17.1. The van der Waals surface area contributed by atoms with Crippen molar-refractivity contribution >= 4 is 16.9 Å². The first-order valence-electron chi connectivity index (χ1n) is 10.1. The molecule has 8 nitrogen and oxygen atoms in total. The molecule has 2 aromatic heterocycles. The number of aromatic nitrogens is 2. The molecule has 30 heavy (non-hydrogen) atoms. The Morgan fingerprint density at radius 2 is 1.93 bits per heavy atom. The fourth-order valence-corrected chi connectivity index (χ4v) is 4.42. The predicted molar refractivity (Wildman–Crippen MR) is 109 cm³/mol. The lowest BCUT2D eigenvalue weighted by atomic mass is 9.89. The van der Waals surface area contributed by atoms with Crippen LogP contribution in [0, 0.1) is 0 Å². The lowest BCUT2D eigenvalue weighted by Crippen LogP contribution is -2.40. The molecule has 0 spiro atoms. The highest BCUT2D eigenvalue weighted by Gasteiger charge is 2.62. The van der Waals surface area contributed by atoms with Crippen molar-refractivity contribution in [1.82, 2.24) is 9.97 Å². The Balaban J connectivity index is 1.50. The molecule has 0 bridgehead atoms. The molecular weight excluding hydrogens is 386 g/mol. The van der Waals surface area contributed by atoms with Crippen molar-refractivity contribution in [3.05, 3.63) is 53.5 Å². The minimum Gasteiger partial charge on any atom is -0.458 e. The van der Waals surface area contributed by atoms with Crippen LogP contribution < -0.4 is 5.73 Å². The molecular formula is C22H25N3O5. The molecule has 2 aliphatic heterocycles. The van der Waals surface area contributed by atoms with Crippen LogP contribution in [-0.2, 0) is 14.2 Å². The fraction of sp³-hybridized carbons (Fsp3) is 0.455. The van der Waals surface area contributed by atoms with Crippen LogP contribution in [0.2, 0.25) is 0 Å². The molecule has 4 heterocycles. The molecule has 8 heteroatoms. The number of nitrogens with two attached hydrogens (primary N) is 1. The molecule has 0 saturated carbocycles. The number of ether oxygens (including phenoxy) is 3. The molecule has 0 amide bonds. The summed E-state index contributed by atoms with van der Waals surface area (Å²) in [5.74, 6) is 0.707. The van der Waals surface area contributed by atoms with Gasteiger partial charge in [-0.25, -0.2) is 9.97 Å². The quantitative estimate of drug-likeness (QED) is 0.673. The van der Waals surface area contributed by atoms with Gasteiger partial charge in [0.1, 0.15) is 35.8 Å². The van der Waals surface area contributed by atoms with E-state index in [1.807, 2.05) is 19.1 Å². The molecule has 0 aliphatic carbocycles. The van der Waals surface area contributed by atoms with Gasteiger partial charge in [0.15, 0.2) is 17.7 Å². The van der Waals surface area contributed by atoms with Crippen molar-refractivity contribution in [3.8, 4) is 0 Å². The van der Waals surface area contributed by atoms with E-state index in [0.717, 1.165) is 5.56 Å². The first-order chi connectivity index (χ1) is 14.4. The SMILES string of the molecule is CC(C)c1ccc(C2O[C@@H]3[C@@H](CO)O[C@@H](c4coc5c(N)ncnc45)[C@]3(C)O2)cc1. The molecule has 2 aliphatic rings. The first-order valence-corrected chi connectivity index (χ1v) is 10.1. The number of anilines is 1. The van der Waals surface area contributed by atoms with Crippen LogP contribution in [0.15, 0.2) is 41.3 Å². The highest BCUT2D eigenvalue weighted by Crippen LogP contribution is 2.54. The molecule has 3 aromatic rings. The standard InChI is InChI=1S/C22H25N3O5/c1-11(2)12-4-6-13(7-5-12)21-29-19-15(8-26)28-18(22(19,3)30-21)14-9-27-17-16(14)24-10-25-20(17)23/h4-7,9-11,15,18-19,21,26H,8H2,1-3H3,(H2,23,24,25)/t15-,18+,19-,21?,22+/m1/s1. The molecule has 5 atom stereocenters. The molecule has 1 aromatic carbocycles. The number of benzene rings is 1. The molecule has 1 unspecified atom stereocenters. The van der Waals surface area contributed by atoms with Gasteiger partial charge in [0.05, 0.1) is 12.9 Å². The van der Waals surface area contributed by atoms with Crippen molar-refractivity contribution in [2.75, 3.05) is 12.3 Å². The highest BCUT2D eigenvalue weighted by molar-refractivity contribution is 5.85. The molecule has 3 N–H and O–H groups in total. The normalized spacial score (nSPS) is 31.0. The molecule has 158 valence electrons. The van der Waals surface area contributed by atoms with E-state index < -0.39 is 30.2 Å². The average Bonchev–Trinajstić information content (AvgIpc) is 3.38. The van der Waals surface area contributed by atoms with Gasteiger partial charge in [0.25, 0.3) is 0 Å². The maximum Gasteiger partial charge on any atom is 0.194 e. The van der Waals surface area contributed by atoms with Gasteiger partial charge in [-0.3, -0.25) is 0 Å². The Morgan fingerprint density at radius 3 is 2.63 bits per heavy atom. The van der Waals surface area contributed by atoms with E-state index >= 15 is 0 Å². The van der Waals surface area contributed by atoms with Crippen LogP contribution in [-0.4, -0.2) is 39.5 Å². The van der Waals surface area contributed by atoms with Gasteiger partial charge >= 0.3 is 0 Å². The van der Waals surface area contributed by atoms with Gasteiger partial charge in [-0.05, 0) is 18.4 Å². The Kier molecular flexibility index (Phi) is 4.55. The van der Waals surface area contributed by atoms with Gasteiger partial charge in [0, 0.05) is 11.1 Å². The summed E-state index contributed by atoms with van der Waals surface area (Å²) in [5.41, 5.74) is 8.92. The number of aliphatic hydroxyl groups excluding tert-OH is 1. The van der Waals surface area contributed by atoms with Gasteiger partial charge in [-0.1, -0.05) is 38.1 Å². The van der Waals surface area contributed by atoms with E-state index in [2.05, 4.69) is 35.9 Å². The Bertz CT molecular complexity index is 1070. The Labute approximate surface area is 174 Å². The Hall–Kier alpha value is -2.52. The maximum atomic E-state index is 9.92. The Morgan fingerprint density at radius 1 is 1.17 bits per heavy atom. The molecule has 5 rings (SSSR count). The van der Waals surface area contributed by atoms with E-state index in [1.54, 1.807) is 6.26 Å². The highest BCUT2D eigenvalue weighted by atomic mass is 16.8. The number of rotatable bonds is 4. The number of hydrogen-bond donors (Lipinski definition) is 2. The molecule has 2 saturated heterocycles. The second kappa shape index (κ2) is 7.02. The van der Waals surface area contributed by atoms with Crippen LogP contribution in [0.4, 0.5) is 5.82 Å². The summed E-state index contributed by atoms with van der Waals surface area (Å²) < 4.78 is 24.4. The summed E-state index contributed by atoms with van der Waals surface area (Å²) in [5, 5.41) is 9.92. The first kappa shape index (κ1) is 19.4. The second-order valence-corrected chi connectivity index (χ2v) is 8.38. The third-order valence-electron chi connectivity index (χ3n) is 6.11. The number of fused-ring (bicyclic) bond motifs is 2. The van der Waals surface area contributed by atoms with E-state index in [-0.39, 0.29) is 12.4 Å². The van der Waals surface area contributed by atoms with Gasteiger partial charge in [-0.15, -0.1) is 0 Å². The van der Waals surface area contributed by atoms with Crippen LogP contribution in [0.25, 0.3) is 11.1 Å². The minimum atomic E-state index is -0.842.